The van der Waals surface area contributed by atoms with Crippen molar-refractivity contribution in [3.63, 3.8) is 0 Å². The van der Waals surface area contributed by atoms with Gasteiger partial charge in [-0.3, -0.25) is 4.79 Å². The summed E-state index contributed by atoms with van der Waals surface area (Å²) in [5, 5.41) is 4.89. The molecule has 2 aliphatic heterocycles. The summed E-state index contributed by atoms with van der Waals surface area (Å²) >= 11 is 0. The first-order chi connectivity index (χ1) is 16.6. The summed E-state index contributed by atoms with van der Waals surface area (Å²) in [4.78, 5) is 18.8. The SMILES string of the molecule is Cc1ccc2c(c1)[C@@H]1CN(C)CC[C@@H]1N2C(=O)c1cn(-c2ccccc2)nc1-c1ccccc1. The number of aryl methyl sites for hydroxylation is 1. The van der Waals surface area contributed by atoms with Gasteiger partial charge < -0.3 is 9.80 Å². The van der Waals surface area contributed by atoms with Gasteiger partial charge in [0.2, 0.25) is 0 Å². The topological polar surface area (TPSA) is 41.4 Å². The molecule has 0 saturated carbocycles. The minimum Gasteiger partial charge on any atom is -0.306 e. The van der Waals surface area contributed by atoms with Crippen molar-refractivity contribution in [2.75, 3.05) is 25.0 Å². The number of fused-ring (bicyclic) bond motifs is 3. The third-order valence-electron chi connectivity index (χ3n) is 7.18. The van der Waals surface area contributed by atoms with Gasteiger partial charge in [0, 0.05) is 36.0 Å². The fourth-order valence-electron chi connectivity index (χ4n) is 5.53. The zero-order valence-electron chi connectivity index (χ0n) is 19.6. The van der Waals surface area contributed by atoms with Gasteiger partial charge >= 0.3 is 0 Å². The van der Waals surface area contributed by atoms with Crippen LogP contribution in [0.15, 0.2) is 85.1 Å². The Morgan fingerprint density at radius 1 is 0.971 bits per heavy atom. The van der Waals surface area contributed by atoms with Gasteiger partial charge in [-0.1, -0.05) is 66.2 Å². The van der Waals surface area contributed by atoms with Crippen LogP contribution in [0.5, 0.6) is 0 Å². The number of aromatic nitrogens is 2. The van der Waals surface area contributed by atoms with Crippen LogP contribution in [0.3, 0.4) is 0 Å². The number of likely N-dealkylation sites (N-methyl/N-ethyl adjacent to an activating group) is 1. The minimum atomic E-state index is 0.0307. The van der Waals surface area contributed by atoms with E-state index in [2.05, 4.69) is 42.0 Å². The number of likely N-dealkylation sites (tertiary alicyclic amines) is 1. The summed E-state index contributed by atoms with van der Waals surface area (Å²) in [5.41, 5.74) is 6.83. The van der Waals surface area contributed by atoms with E-state index < -0.39 is 0 Å². The van der Waals surface area contributed by atoms with E-state index in [4.69, 9.17) is 5.10 Å². The number of piperidine rings is 1. The number of carbonyl (C=O) groups is 1. The lowest BCUT2D eigenvalue weighted by Crippen LogP contribution is -2.47. The van der Waals surface area contributed by atoms with Crippen molar-refractivity contribution >= 4 is 11.6 Å². The molecule has 2 atom stereocenters. The second-order valence-corrected chi connectivity index (χ2v) is 9.50. The van der Waals surface area contributed by atoms with Crippen molar-refractivity contribution in [2.24, 2.45) is 0 Å². The monoisotopic (exact) mass is 448 g/mol. The maximum absolute atomic E-state index is 14.3. The average molecular weight is 449 g/mol. The van der Waals surface area contributed by atoms with Crippen molar-refractivity contribution in [3.05, 3.63) is 102 Å². The van der Waals surface area contributed by atoms with Gasteiger partial charge in [-0.15, -0.1) is 0 Å². The summed E-state index contributed by atoms with van der Waals surface area (Å²) in [5.74, 6) is 0.366. The van der Waals surface area contributed by atoms with E-state index in [0.29, 0.717) is 11.5 Å². The van der Waals surface area contributed by atoms with Crippen molar-refractivity contribution in [3.8, 4) is 16.9 Å². The molecule has 5 heteroatoms. The van der Waals surface area contributed by atoms with Crippen LogP contribution in [0, 0.1) is 6.92 Å². The molecule has 0 radical (unpaired) electrons. The first-order valence-electron chi connectivity index (χ1n) is 11.9. The van der Waals surface area contributed by atoms with Crippen LogP contribution in [0.1, 0.15) is 33.8 Å². The van der Waals surface area contributed by atoms with Gasteiger partial charge in [0.05, 0.1) is 11.3 Å². The molecule has 5 nitrogen and oxygen atoms in total. The normalized spacial score (nSPS) is 19.6. The first kappa shape index (κ1) is 20.9. The van der Waals surface area contributed by atoms with E-state index >= 15 is 0 Å². The van der Waals surface area contributed by atoms with E-state index in [-0.39, 0.29) is 11.9 Å². The summed E-state index contributed by atoms with van der Waals surface area (Å²) in [7, 11) is 2.17. The molecule has 1 saturated heterocycles. The first-order valence-corrected chi connectivity index (χ1v) is 11.9. The predicted molar refractivity (Wildman–Crippen MR) is 136 cm³/mol. The fourth-order valence-corrected chi connectivity index (χ4v) is 5.53. The summed E-state index contributed by atoms with van der Waals surface area (Å²) in [6.45, 7) is 4.09. The zero-order chi connectivity index (χ0) is 23.2. The number of para-hydroxylation sites is 1. The largest absolute Gasteiger partial charge is 0.306 e. The molecule has 1 fully saturated rings. The Balaban J connectivity index is 1.48. The summed E-state index contributed by atoms with van der Waals surface area (Å²) in [6, 6.07) is 26.7. The smallest absolute Gasteiger partial charge is 0.262 e. The third-order valence-corrected chi connectivity index (χ3v) is 7.18. The minimum absolute atomic E-state index is 0.0307. The van der Waals surface area contributed by atoms with Crippen LogP contribution < -0.4 is 4.90 Å². The highest BCUT2D eigenvalue weighted by molar-refractivity contribution is 6.11. The summed E-state index contributed by atoms with van der Waals surface area (Å²) < 4.78 is 1.83. The van der Waals surface area contributed by atoms with Crippen molar-refractivity contribution in [2.45, 2.75) is 25.3 Å². The maximum atomic E-state index is 14.3. The average Bonchev–Trinajstić information content (AvgIpc) is 3.45. The van der Waals surface area contributed by atoms with Gasteiger partial charge in [0.1, 0.15) is 5.69 Å². The molecule has 1 amide bonds. The molecule has 4 aromatic rings. The Hall–Kier alpha value is -3.70. The van der Waals surface area contributed by atoms with E-state index in [9.17, 15) is 4.79 Å². The zero-order valence-corrected chi connectivity index (χ0v) is 19.6. The lowest BCUT2D eigenvalue weighted by Gasteiger charge is -2.36. The molecule has 2 aliphatic rings. The highest BCUT2D eigenvalue weighted by Gasteiger charge is 2.44. The van der Waals surface area contributed by atoms with Gasteiger partial charge in [0.25, 0.3) is 5.91 Å². The van der Waals surface area contributed by atoms with Crippen molar-refractivity contribution in [1.29, 1.82) is 0 Å². The number of hydrogen-bond donors (Lipinski definition) is 0. The van der Waals surface area contributed by atoms with Crippen molar-refractivity contribution < 1.29 is 4.79 Å². The number of carbonyl (C=O) groups excluding carboxylic acids is 1. The number of hydrogen-bond acceptors (Lipinski definition) is 3. The molecule has 0 spiro atoms. The number of benzene rings is 3. The molecule has 6 rings (SSSR count). The van der Waals surface area contributed by atoms with E-state index in [1.807, 2.05) is 71.5 Å². The van der Waals surface area contributed by atoms with Gasteiger partial charge in [-0.2, -0.15) is 5.10 Å². The Morgan fingerprint density at radius 3 is 2.47 bits per heavy atom. The highest BCUT2D eigenvalue weighted by atomic mass is 16.2. The Labute approximate surface area is 200 Å². The number of anilines is 1. The molecule has 34 heavy (non-hydrogen) atoms. The molecule has 0 N–H and O–H groups in total. The van der Waals surface area contributed by atoms with E-state index in [1.165, 1.54) is 11.1 Å². The summed E-state index contributed by atoms with van der Waals surface area (Å²) in [6.07, 6.45) is 2.87. The Kier molecular flexibility index (Phi) is 5.07. The van der Waals surface area contributed by atoms with Gasteiger partial charge in [-0.05, 0) is 50.7 Å². The molecule has 170 valence electrons. The molecule has 0 bridgehead atoms. The van der Waals surface area contributed by atoms with E-state index in [1.54, 1.807) is 0 Å². The Bertz CT molecular complexity index is 1350. The van der Waals surface area contributed by atoms with Crippen LogP contribution in [0.4, 0.5) is 5.69 Å². The second-order valence-electron chi connectivity index (χ2n) is 9.50. The quantitative estimate of drug-likeness (QED) is 0.427. The lowest BCUT2D eigenvalue weighted by atomic mass is 9.88. The standard InChI is InChI=1S/C29H28N4O/c1-20-13-14-26-23(17-20)24-18-31(2)16-15-27(24)33(26)29(34)25-19-32(22-11-7-4-8-12-22)30-28(25)21-9-5-3-6-10-21/h3-14,17,19,24,27H,15-16,18H2,1-2H3/t24-,27-/m0/s1. The molecule has 0 aliphatic carbocycles. The number of amides is 1. The van der Waals surface area contributed by atoms with Crippen LogP contribution in [-0.2, 0) is 0 Å². The molecular formula is C29H28N4O. The van der Waals surface area contributed by atoms with Gasteiger partial charge in [0.15, 0.2) is 0 Å². The molecule has 3 heterocycles. The predicted octanol–water partition coefficient (Wildman–Crippen LogP) is 5.30. The van der Waals surface area contributed by atoms with Crippen LogP contribution in [0.2, 0.25) is 0 Å². The molecular weight excluding hydrogens is 420 g/mol. The van der Waals surface area contributed by atoms with Crippen LogP contribution >= 0.6 is 0 Å². The van der Waals surface area contributed by atoms with Crippen LogP contribution in [0.25, 0.3) is 16.9 Å². The molecule has 3 aromatic carbocycles. The maximum Gasteiger partial charge on any atom is 0.262 e. The molecule has 0 unspecified atom stereocenters. The lowest BCUT2D eigenvalue weighted by molar-refractivity contribution is 0.0965. The highest BCUT2D eigenvalue weighted by Crippen LogP contribution is 2.46. The molecule has 1 aromatic heterocycles. The number of nitrogens with zero attached hydrogens (tertiary/aromatic N) is 4. The van der Waals surface area contributed by atoms with Crippen LogP contribution in [-0.4, -0.2) is 46.8 Å². The van der Waals surface area contributed by atoms with Crippen molar-refractivity contribution in [1.82, 2.24) is 14.7 Å². The second kappa shape index (κ2) is 8.26. The fraction of sp³-hybridized carbons (Fsp3) is 0.241. The van der Waals surface area contributed by atoms with E-state index in [0.717, 1.165) is 42.1 Å². The number of rotatable bonds is 3. The Morgan fingerprint density at radius 2 is 1.71 bits per heavy atom. The van der Waals surface area contributed by atoms with Gasteiger partial charge in [-0.25, -0.2) is 4.68 Å². The third kappa shape index (κ3) is 3.44.